The number of methoxy groups -OCH3 is 2. The first-order valence-electron chi connectivity index (χ1n) is 7.56. The van der Waals surface area contributed by atoms with Crippen LogP contribution in [-0.4, -0.2) is 34.6 Å². The van der Waals surface area contributed by atoms with Crippen molar-refractivity contribution in [2.45, 2.75) is 4.90 Å². The Bertz CT molecular complexity index is 1010. The molecule has 7 nitrogen and oxygen atoms in total. The highest BCUT2D eigenvalue weighted by Gasteiger charge is 2.24. The Morgan fingerprint density at radius 3 is 2.07 bits per heavy atom. The monoisotopic (exact) mass is 444 g/mol. The molecule has 2 rings (SSSR count). The second-order valence-corrected chi connectivity index (χ2v) is 7.59. The summed E-state index contributed by atoms with van der Waals surface area (Å²) in [5.74, 6) is -2.32. The summed E-state index contributed by atoms with van der Waals surface area (Å²) in [5, 5.41) is -0.0258. The molecule has 0 amide bonds. The van der Waals surface area contributed by atoms with E-state index in [-0.39, 0.29) is 26.3 Å². The molecule has 0 unspecified atom stereocenters. The Kier molecular flexibility index (Phi) is 7.06. The Morgan fingerprint density at radius 2 is 1.54 bits per heavy atom. The van der Waals surface area contributed by atoms with Crippen LogP contribution in [0.3, 0.4) is 0 Å². The van der Waals surface area contributed by atoms with Crippen LogP contribution in [0.5, 0.6) is 5.75 Å². The molecular weight excluding hydrogens is 431 g/mol. The van der Waals surface area contributed by atoms with Gasteiger partial charge < -0.3 is 13.7 Å². The second-order valence-electron chi connectivity index (χ2n) is 5.20. The molecule has 0 aromatic heterocycles. The third-order valence-corrected chi connectivity index (χ3v) is 5.11. The van der Waals surface area contributed by atoms with Gasteiger partial charge in [0.05, 0.1) is 19.2 Å². The van der Waals surface area contributed by atoms with Crippen LogP contribution in [0.1, 0.15) is 5.56 Å². The van der Waals surface area contributed by atoms with Crippen LogP contribution in [0.4, 0.5) is 0 Å². The van der Waals surface area contributed by atoms with Gasteiger partial charge in [0.1, 0.15) is 10.5 Å². The van der Waals surface area contributed by atoms with Crippen molar-refractivity contribution < 1.29 is 31.7 Å². The summed E-state index contributed by atoms with van der Waals surface area (Å²) in [4.78, 5) is 23.7. The Hall–Kier alpha value is -2.55. The molecule has 28 heavy (non-hydrogen) atoms. The highest BCUT2D eigenvalue weighted by Crippen LogP contribution is 2.36. The van der Waals surface area contributed by atoms with Crippen molar-refractivity contribution in [1.82, 2.24) is 0 Å². The maximum absolute atomic E-state index is 12.5. The number of hydrogen-bond donors (Lipinski definition) is 0. The zero-order chi connectivity index (χ0) is 20.9. The molecule has 2 aromatic carbocycles. The molecule has 0 radical (unpaired) electrons. The largest absolute Gasteiger partial charge is 0.465 e. The van der Waals surface area contributed by atoms with Crippen molar-refractivity contribution in [2.24, 2.45) is 0 Å². The lowest BCUT2D eigenvalue weighted by Crippen LogP contribution is -2.16. The van der Waals surface area contributed by atoms with E-state index in [1.807, 2.05) is 0 Å². The van der Waals surface area contributed by atoms with Crippen LogP contribution in [0.15, 0.2) is 52.9 Å². The molecule has 10 heteroatoms. The predicted molar refractivity (Wildman–Crippen MR) is 103 cm³/mol. The number of esters is 2. The number of hydrogen-bond acceptors (Lipinski definition) is 7. The van der Waals surface area contributed by atoms with Gasteiger partial charge in [0.25, 0.3) is 0 Å². The van der Waals surface area contributed by atoms with Gasteiger partial charge in [-0.05, 0) is 30.3 Å². The maximum Gasteiger partial charge on any atom is 0.345 e. The third kappa shape index (κ3) is 5.03. The summed E-state index contributed by atoms with van der Waals surface area (Å²) >= 11 is 12.1. The molecule has 148 valence electrons. The fraction of sp³-hybridized carbons (Fsp3) is 0.111. The highest BCUT2D eigenvalue weighted by atomic mass is 35.5. The lowest BCUT2D eigenvalue weighted by Gasteiger charge is -2.13. The van der Waals surface area contributed by atoms with Crippen molar-refractivity contribution >= 4 is 51.3 Å². The van der Waals surface area contributed by atoms with Crippen molar-refractivity contribution in [1.29, 1.82) is 0 Å². The molecule has 0 saturated heterocycles. The first kappa shape index (κ1) is 21.7. The fourth-order valence-electron chi connectivity index (χ4n) is 2.10. The number of benzene rings is 2. The Balaban J connectivity index is 2.62. The number of ether oxygens (including phenoxy) is 2. The van der Waals surface area contributed by atoms with E-state index in [4.69, 9.17) is 27.4 Å². The van der Waals surface area contributed by atoms with Crippen LogP contribution in [0, 0.1) is 0 Å². The van der Waals surface area contributed by atoms with E-state index in [0.29, 0.717) is 0 Å². The summed E-state index contributed by atoms with van der Waals surface area (Å²) in [5.41, 5.74) is -0.548. The van der Waals surface area contributed by atoms with E-state index >= 15 is 0 Å². The molecule has 0 aliphatic carbocycles. The number of carbonyl (C=O) groups excluding carboxylic acids is 2. The van der Waals surface area contributed by atoms with Crippen molar-refractivity contribution in [3.05, 3.63) is 63.6 Å². The molecule has 0 spiro atoms. The molecule has 0 heterocycles. The first-order valence-corrected chi connectivity index (χ1v) is 9.73. The molecule has 0 bridgehead atoms. The molecule has 0 atom stereocenters. The highest BCUT2D eigenvalue weighted by molar-refractivity contribution is 7.87. The molecule has 0 saturated carbocycles. The van der Waals surface area contributed by atoms with Crippen molar-refractivity contribution in [3.63, 3.8) is 0 Å². The van der Waals surface area contributed by atoms with Gasteiger partial charge in [-0.1, -0.05) is 41.4 Å². The standard InChI is InChI=1S/C18H14Cl2O7S/c1-25-17(21)14(18(22)26-2)9-11-8-12(19)10-15(20)16(11)27-28(23,24)13-6-4-3-5-7-13/h3-10H,1-2H3. The minimum Gasteiger partial charge on any atom is -0.465 e. The van der Waals surface area contributed by atoms with E-state index in [1.165, 1.54) is 36.4 Å². The molecular formula is C18H14Cl2O7S. The Morgan fingerprint density at radius 1 is 0.964 bits per heavy atom. The van der Waals surface area contributed by atoms with Gasteiger partial charge in [-0.15, -0.1) is 0 Å². The van der Waals surface area contributed by atoms with E-state index in [9.17, 15) is 18.0 Å². The van der Waals surface area contributed by atoms with Crippen LogP contribution in [0.25, 0.3) is 6.08 Å². The quantitative estimate of drug-likeness (QED) is 0.221. The molecule has 0 aliphatic heterocycles. The third-order valence-electron chi connectivity index (χ3n) is 3.37. The summed E-state index contributed by atoms with van der Waals surface area (Å²) in [6.45, 7) is 0. The lowest BCUT2D eigenvalue weighted by molar-refractivity contribution is -0.143. The van der Waals surface area contributed by atoms with Crippen molar-refractivity contribution in [3.8, 4) is 5.75 Å². The van der Waals surface area contributed by atoms with Gasteiger partial charge >= 0.3 is 22.1 Å². The van der Waals surface area contributed by atoms with Gasteiger partial charge in [-0.2, -0.15) is 8.42 Å². The normalized spacial score (nSPS) is 10.7. The Labute approximate surface area is 171 Å². The summed E-state index contributed by atoms with van der Waals surface area (Å²) in [7, 11) is -2.11. The van der Waals surface area contributed by atoms with Crippen LogP contribution in [0.2, 0.25) is 10.0 Å². The van der Waals surface area contributed by atoms with Crippen LogP contribution >= 0.6 is 23.2 Å². The van der Waals surface area contributed by atoms with Gasteiger partial charge in [0, 0.05) is 10.6 Å². The average molecular weight is 445 g/mol. The van der Waals surface area contributed by atoms with Crippen LogP contribution in [-0.2, 0) is 29.2 Å². The smallest absolute Gasteiger partial charge is 0.345 e. The average Bonchev–Trinajstić information content (AvgIpc) is 2.68. The minimum atomic E-state index is -4.25. The van der Waals surface area contributed by atoms with Crippen molar-refractivity contribution in [2.75, 3.05) is 14.2 Å². The molecule has 2 aromatic rings. The fourth-order valence-corrected chi connectivity index (χ4v) is 3.68. The van der Waals surface area contributed by atoms with E-state index < -0.39 is 27.6 Å². The number of rotatable bonds is 6. The van der Waals surface area contributed by atoms with Crippen LogP contribution < -0.4 is 4.18 Å². The zero-order valence-electron chi connectivity index (χ0n) is 14.6. The lowest BCUT2D eigenvalue weighted by atomic mass is 10.1. The topological polar surface area (TPSA) is 96.0 Å². The first-order chi connectivity index (χ1) is 13.2. The van der Waals surface area contributed by atoms with E-state index in [0.717, 1.165) is 20.3 Å². The van der Waals surface area contributed by atoms with E-state index in [1.54, 1.807) is 6.07 Å². The summed E-state index contributed by atoms with van der Waals surface area (Å²) in [6.07, 6.45) is 1.02. The second kappa shape index (κ2) is 9.09. The van der Waals surface area contributed by atoms with Gasteiger partial charge in [-0.25, -0.2) is 9.59 Å². The zero-order valence-corrected chi connectivity index (χ0v) is 17.0. The SMILES string of the molecule is COC(=O)C(=Cc1cc(Cl)cc(Cl)c1OS(=O)(=O)c1ccccc1)C(=O)OC. The van der Waals surface area contributed by atoms with Gasteiger partial charge in [0.15, 0.2) is 5.75 Å². The van der Waals surface area contributed by atoms with Gasteiger partial charge in [0.2, 0.25) is 0 Å². The molecule has 0 aliphatic rings. The number of carbonyl (C=O) groups is 2. The summed E-state index contributed by atoms with van der Waals surface area (Å²) < 4.78 is 39.3. The maximum atomic E-state index is 12.5. The molecule has 0 N–H and O–H groups in total. The van der Waals surface area contributed by atoms with E-state index in [2.05, 4.69) is 9.47 Å². The molecule has 0 fully saturated rings. The van der Waals surface area contributed by atoms with Gasteiger partial charge in [-0.3, -0.25) is 0 Å². The summed E-state index contributed by atoms with van der Waals surface area (Å²) in [6, 6.07) is 9.88. The minimum absolute atomic E-state index is 0.0391. The number of halogens is 2. The predicted octanol–water partition coefficient (Wildman–Crippen LogP) is 3.49.